The molecule has 2 aromatic rings. The summed E-state index contributed by atoms with van der Waals surface area (Å²) in [5, 5.41) is 9.67. The second-order valence-electron chi connectivity index (χ2n) is 5.66. The highest BCUT2D eigenvalue weighted by Crippen LogP contribution is 2.42. The molecule has 1 N–H and O–H groups in total. The molecule has 0 aliphatic carbocycles. The zero-order chi connectivity index (χ0) is 14.7. The fourth-order valence-electron chi connectivity index (χ4n) is 3.00. The number of hydrogen-bond donors (Lipinski definition) is 1. The van der Waals surface area contributed by atoms with Gasteiger partial charge in [0.2, 0.25) is 0 Å². The number of aliphatic hydroxyl groups excluding tert-OH is 1. The van der Waals surface area contributed by atoms with Gasteiger partial charge in [0.25, 0.3) is 0 Å². The summed E-state index contributed by atoms with van der Waals surface area (Å²) >= 11 is 1.91. The summed E-state index contributed by atoms with van der Waals surface area (Å²) in [5.41, 5.74) is 2.51. The van der Waals surface area contributed by atoms with Crippen molar-refractivity contribution in [2.75, 3.05) is 12.4 Å². The molecule has 3 heteroatoms. The van der Waals surface area contributed by atoms with Crippen molar-refractivity contribution in [1.82, 2.24) is 0 Å². The summed E-state index contributed by atoms with van der Waals surface area (Å²) in [7, 11) is 0. The van der Waals surface area contributed by atoms with Gasteiger partial charge >= 0.3 is 0 Å². The van der Waals surface area contributed by atoms with Crippen LogP contribution in [0, 0.1) is 11.7 Å². The zero-order valence-electron chi connectivity index (χ0n) is 11.8. The number of thioether (sulfide) groups is 1. The van der Waals surface area contributed by atoms with Crippen LogP contribution in [0.1, 0.15) is 23.5 Å². The summed E-state index contributed by atoms with van der Waals surface area (Å²) in [5.74, 6) is 1.63. The SMILES string of the molecule is OCC(Cc1ccc(F)cc1)CC1CSc2ccccc21. The summed E-state index contributed by atoms with van der Waals surface area (Å²) < 4.78 is 12.9. The van der Waals surface area contributed by atoms with Crippen LogP contribution in [0.2, 0.25) is 0 Å². The lowest BCUT2D eigenvalue weighted by Gasteiger charge is -2.19. The third-order valence-corrected chi connectivity index (χ3v) is 5.36. The molecule has 0 fully saturated rings. The van der Waals surface area contributed by atoms with Gasteiger partial charge in [-0.3, -0.25) is 0 Å². The van der Waals surface area contributed by atoms with Gasteiger partial charge in [-0.1, -0.05) is 30.3 Å². The van der Waals surface area contributed by atoms with Gasteiger partial charge in [0, 0.05) is 17.3 Å². The monoisotopic (exact) mass is 302 g/mol. The van der Waals surface area contributed by atoms with E-state index in [1.165, 1.54) is 22.6 Å². The molecule has 21 heavy (non-hydrogen) atoms. The van der Waals surface area contributed by atoms with Crippen molar-refractivity contribution in [3.05, 3.63) is 65.5 Å². The molecule has 0 aromatic heterocycles. The quantitative estimate of drug-likeness (QED) is 0.890. The lowest BCUT2D eigenvalue weighted by Crippen LogP contribution is -2.14. The van der Waals surface area contributed by atoms with Gasteiger partial charge < -0.3 is 5.11 Å². The Bertz CT molecular complexity index is 596. The molecular weight excluding hydrogens is 283 g/mol. The summed E-state index contributed by atoms with van der Waals surface area (Å²) in [4.78, 5) is 1.38. The standard InChI is InChI=1S/C18H19FOS/c19-16-7-5-13(6-8-16)9-14(11-20)10-15-12-21-18-4-2-1-3-17(15)18/h1-8,14-15,20H,9-12H2. The Morgan fingerprint density at radius 3 is 2.67 bits per heavy atom. The molecule has 2 atom stereocenters. The van der Waals surface area contributed by atoms with E-state index in [0.29, 0.717) is 5.92 Å². The minimum atomic E-state index is -0.208. The van der Waals surface area contributed by atoms with Crippen LogP contribution in [0.25, 0.3) is 0 Å². The molecule has 1 aliphatic heterocycles. The van der Waals surface area contributed by atoms with E-state index in [2.05, 4.69) is 24.3 Å². The minimum absolute atomic E-state index is 0.181. The number of aliphatic hydroxyl groups is 1. The van der Waals surface area contributed by atoms with Gasteiger partial charge in [-0.25, -0.2) is 4.39 Å². The lowest BCUT2D eigenvalue weighted by molar-refractivity contribution is 0.212. The molecule has 0 bridgehead atoms. The molecule has 1 heterocycles. The molecule has 3 rings (SSSR count). The normalized spacial score (nSPS) is 18.5. The molecule has 2 aromatic carbocycles. The van der Waals surface area contributed by atoms with E-state index in [4.69, 9.17) is 0 Å². The average molecular weight is 302 g/mol. The molecular formula is C18H19FOS. The fourth-order valence-corrected chi connectivity index (χ4v) is 4.28. The highest BCUT2D eigenvalue weighted by Gasteiger charge is 2.25. The van der Waals surface area contributed by atoms with Crippen LogP contribution in [0.3, 0.4) is 0 Å². The van der Waals surface area contributed by atoms with Gasteiger partial charge in [0.05, 0.1) is 0 Å². The van der Waals surface area contributed by atoms with E-state index >= 15 is 0 Å². The summed E-state index contributed by atoms with van der Waals surface area (Å²) in [6, 6.07) is 15.2. The first-order valence-corrected chi connectivity index (χ1v) is 8.32. The second-order valence-corrected chi connectivity index (χ2v) is 6.72. The highest BCUT2D eigenvalue weighted by atomic mass is 32.2. The molecule has 0 saturated heterocycles. The Kier molecular flexibility index (Phi) is 4.61. The fraction of sp³-hybridized carbons (Fsp3) is 0.333. The average Bonchev–Trinajstić information content (AvgIpc) is 2.92. The largest absolute Gasteiger partial charge is 0.396 e. The molecule has 0 saturated carbocycles. The number of fused-ring (bicyclic) bond motifs is 1. The zero-order valence-corrected chi connectivity index (χ0v) is 12.7. The van der Waals surface area contributed by atoms with Crippen molar-refractivity contribution in [2.24, 2.45) is 5.92 Å². The topological polar surface area (TPSA) is 20.2 Å². The van der Waals surface area contributed by atoms with Gasteiger partial charge in [-0.05, 0) is 54.0 Å². The summed E-state index contributed by atoms with van der Waals surface area (Å²) in [6.07, 6.45) is 1.79. The number of rotatable bonds is 5. The Morgan fingerprint density at radius 1 is 1.14 bits per heavy atom. The third kappa shape index (κ3) is 3.47. The van der Waals surface area contributed by atoms with Crippen LogP contribution in [-0.4, -0.2) is 17.5 Å². The van der Waals surface area contributed by atoms with Crippen molar-refractivity contribution in [3.8, 4) is 0 Å². The maximum atomic E-state index is 12.9. The van der Waals surface area contributed by atoms with Crippen molar-refractivity contribution in [3.63, 3.8) is 0 Å². The van der Waals surface area contributed by atoms with E-state index in [1.54, 1.807) is 0 Å². The third-order valence-electron chi connectivity index (χ3n) is 4.11. The number of hydrogen-bond acceptors (Lipinski definition) is 2. The van der Waals surface area contributed by atoms with Crippen molar-refractivity contribution in [1.29, 1.82) is 0 Å². The van der Waals surface area contributed by atoms with E-state index in [9.17, 15) is 9.50 Å². The van der Waals surface area contributed by atoms with Crippen LogP contribution in [0.4, 0.5) is 4.39 Å². The molecule has 110 valence electrons. The van der Waals surface area contributed by atoms with Crippen molar-refractivity contribution >= 4 is 11.8 Å². The molecule has 1 nitrogen and oxygen atoms in total. The second kappa shape index (κ2) is 6.63. The molecule has 1 aliphatic rings. The Labute approximate surface area is 129 Å². The van der Waals surface area contributed by atoms with Crippen LogP contribution >= 0.6 is 11.8 Å². The highest BCUT2D eigenvalue weighted by molar-refractivity contribution is 7.99. The maximum Gasteiger partial charge on any atom is 0.123 e. The first kappa shape index (κ1) is 14.6. The van der Waals surface area contributed by atoms with E-state index in [1.807, 2.05) is 23.9 Å². The van der Waals surface area contributed by atoms with Gasteiger partial charge in [0.15, 0.2) is 0 Å². The van der Waals surface area contributed by atoms with Crippen molar-refractivity contribution in [2.45, 2.75) is 23.7 Å². The Hall–Kier alpha value is -1.32. The molecule has 0 amide bonds. The Balaban J connectivity index is 1.67. The number of benzene rings is 2. The van der Waals surface area contributed by atoms with E-state index < -0.39 is 0 Å². The summed E-state index contributed by atoms with van der Waals surface area (Å²) in [6.45, 7) is 0.181. The Morgan fingerprint density at radius 2 is 1.90 bits per heavy atom. The predicted molar refractivity (Wildman–Crippen MR) is 85.2 cm³/mol. The van der Waals surface area contributed by atoms with Gasteiger partial charge in [-0.15, -0.1) is 11.8 Å². The first-order valence-electron chi connectivity index (χ1n) is 7.33. The predicted octanol–water partition coefficient (Wildman–Crippen LogP) is 4.26. The molecule has 0 radical (unpaired) electrons. The van der Waals surface area contributed by atoms with Crippen LogP contribution in [-0.2, 0) is 6.42 Å². The first-order chi connectivity index (χ1) is 10.3. The molecule has 0 spiro atoms. The van der Waals surface area contributed by atoms with Crippen molar-refractivity contribution < 1.29 is 9.50 Å². The van der Waals surface area contributed by atoms with Crippen LogP contribution in [0.5, 0.6) is 0 Å². The lowest BCUT2D eigenvalue weighted by atomic mass is 9.87. The molecule has 2 unspecified atom stereocenters. The number of halogens is 1. The van der Waals surface area contributed by atoms with Crippen LogP contribution in [0.15, 0.2) is 53.4 Å². The van der Waals surface area contributed by atoms with Crippen LogP contribution < -0.4 is 0 Å². The maximum absolute atomic E-state index is 12.9. The minimum Gasteiger partial charge on any atom is -0.396 e. The van der Waals surface area contributed by atoms with E-state index in [-0.39, 0.29) is 18.3 Å². The van der Waals surface area contributed by atoms with E-state index in [0.717, 1.165) is 24.2 Å². The smallest absolute Gasteiger partial charge is 0.123 e. The van der Waals surface area contributed by atoms with Gasteiger partial charge in [-0.2, -0.15) is 0 Å². The van der Waals surface area contributed by atoms with Gasteiger partial charge in [0.1, 0.15) is 5.82 Å².